The van der Waals surface area contributed by atoms with Gasteiger partial charge in [0.1, 0.15) is 0 Å². The molecule has 0 unspecified atom stereocenters. The van der Waals surface area contributed by atoms with Gasteiger partial charge in [-0.2, -0.15) is 0 Å². The Morgan fingerprint density at radius 3 is 3.00 bits per heavy atom. The number of nitrogens with zero attached hydrogens (tertiary/aromatic N) is 1. The molecule has 0 bridgehead atoms. The van der Waals surface area contributed by atoms with Crippen LogP contribution < -0.4 is 10.6 Å². The standard InChI is InChI=1S/C14H21N3O2/c1-10-5-6-12(16-11(10)2)8-15-14(18)17-13-4-3-7-19-9-13/h5-6,13H,3-4,7-9H2,1-2H3,(H2,15,17,18)/t13-/m0/s1. The minimum absolute atomic E-state index is 0.126. The monoisotopic (exact) mass is 263 g/mol. The van der Waals surface area contributed by atoms with E-state index in [-0.39, 0.29) is 12.1 Å². The van der Waals surface area contributed by atoms with Gasteiger partial charge in [0.15, 0.2) is 0 Å². The molecule has 2 rings (SSSR count). The molecule has 1 aliphatic rings. The number of aryl methyl sites for hydroxylation is 2. The first-order valence-electron chi connectivity index (χ1n) is 6.70. The summed E-state index contributed by atoms with van der Waals surface area (Å²) in [6, 6.07) is 3.93. The lowest BCUT2D eigenvalue weighted by atomic mass is 10.1. The molecule has 104 valence electrons. The van der Waals surface area contributed by atoms with Gasteiger partial charge in [-0.1, -0.05) is 6.07 Å². The summed E-state index contributed by atoms with van der Waals surface area (Å²) in [6.07, 6.45) is 1.99. The molecule has 1 aromatic rings. The lowest BCUT2D eigenvalue weighted by Crippen LogP contribution is -2.45. The minimum Gasteiger partial charge on any atom is -0.379 e. The van der Waals surface area contributed by atoms with Gasteiger partial charge in [-0.05, 0) is 38.3 Å². The van der Waals surface area contributed by atoms with Gasteiger partial charge in [-0.3, -0.25) is 4.98 Å². The van der Waals surface area contributed by atoms with Crippen LogP contribution in [-0.2, 0) is 11.3 Å². The topological polar surface area (TPSA) is 63.2 Å². The van der Waals surface area contributed by atoms with E-state index in [0.29, 0.717) is 13.2 Å². The van der Waals surface area contributed by atoms with Crippen LogP contribution in [0.5, 0.6) is 0 Å². The molecule has 19 heavy (non-hydrogen) atoms. The molecule has 5 nitrogen and oxygen atoms in total. The van der Waals surface area contributed by atoms with Crippen molar-refractivity contribution in [3.63, 3.8) is 0 Å². The third-order valence-corrected chi connectivity index (χ3v) is 3.33. The maximum atomic E-state index is 11.7. The zero-order chi connectivity index (χ0) is 13.7. The van der Waals surface area contributed by atoms with Crippen molar-refractivity contribution < 1.29 is 9.53 Å². The molecule has 0 aliphatic carbocycles. The van der Waals surface area contributed by atoms with Crippen molar-refractivity contribution in [2.24, 2.45) is 0 Å². The van der Waals surface area contributed by atoms with Gasteiger partial charge in [0.05, 0.1) is 24.9 Å². The molecule has 0 spiro atoms. The highest BCUT2D eigenvalue weighted by Crippen LogP contribution is 2.06. The number of ether oxygens (including phenoxy) is 1. The van der Waals surface area contributed by atoms with Crippen LogP contribution in [0.15, 0.2) is 12.1 Å². The normalized spacial score (nSPS) is 18.9. The fourth-order valence-electron chi connectivity index (χ4n) is 2.04. The predicted octanol–water partition coefficient (Wildman–Crippen LogP) is 1.68. The number of hydrogen-bond acceptors (Lipinski definition) is 3. The van der Waals surface area contributed by atoms with E-state index >= 15 is 0 Å². The van der Waals surface area contributed by atoms with Gasteiger partial charge in [0.25, 0.3) is 0 Å². The summed E-state index contributed by atoms with van der Waals surface area (Å²) in [7, 11) is 0. The lowest BCUT2D eigenvalue weighted by Gasteiger charge is -2.23. The van der Waals surface area contributed by atoms with Crippen molar-refractivity contribution in [2.45, 2.75) is 39.3 Å². The fourth-order valence-corrected chi connectivity index (χ4v) is 2.04. The van der Waals surface area contributed by atoms with Crippen LogP contribution >= 0.6 is 0 Å². The zero-order valence-corrected chi connectivity index (χ0v) is 11.5. The van der Waals surface area contributed by atoms with Crippen molar-refractivity contribution in [3.8, 4) is 0 Å². The predicted molar refractivity (Wildman–Crippen MR) is 72.9 cm³/mol. The van der Waals surface area contributed by atoms with E-state index in [0.717, 1.165) is 36.4 Å². The minimum atomic E-state index is -0.157. The van der Waals surface area contributed by atoms with Crippen LogP contribution in [-0.4, -0.2) is 30.3 Å². The molecule has 1 saturated heterocycles. The quantitative estimate of drug-likeness (QED) is 0.872. The molecule has 2 N–H and O–H groups in total. The second kappa shape index (κ2) is 6.52. The Balaban J connectivity index is 1.77. The summed E-state index contributed by atoms with van der Waals surface area (Å²) >= 11 is 0. The molecule has 1 aliphatic heterocycles. The van der Waals surface area contributed by atoms with Gasteiger partial charge < -0.3 is 15.4 Å². The second-order valence-electron chi connectivity index (χ2n) is 4.95. The van der Waals surface area contributed by atoms with Crippen molar-refractivity contribution in [2.75, 3.05) is 13.2 Å². The summed E-state index contributed by atoms with van der Waals surface area (Å²) < 4.78 is 5.32. The Labute approximate surface area is 113 Å². The molecule has 1 atom stereocenters. The van der Waals surface area contributed by atoms with Crippen molar-refractivity contribution in [1.29, 1.82) is 0 Å². The lowest BCUT2D eigenvalue weighted by molar-refractivity contribution is 0.0732. The molecule has 0 saturated carbocycles. The van der Waals surface area contributed by atoms with Crippen molar-refractivity contribution >= 4 is 6.03 Å². The van der Waals surface area contributed by atoms with E-state index in [1.165, 1.54) is 0 Å². The number of nitrogens with one attached hydrogen (secondary N) is 2. The van der Waals surface area contributed by atoms with E-state index < -0.39 is 0 Å². The summed E-state index contributed by atoms with van der Waals surface area (Å²) in [6.45, 7) is 5.84. The molecule has 1 aromatic heterocycles. The smallest absolute Gasteiger partial charge is 0.315 e. The van der Waals surface area contributed by atoms with Gasteiger partial charge in [0, 0.05) is 12.3 Å². The van der Waals surface area contributed by atoms with Crippen LogP contribution in [0.4, 0.5) is 4.79 Å². The van der Waals surface area contributed by atoms with Crippen molar-refractivity contribution in [1.82, 2.24) is 15.6 Å². The number of carbonyl (C=O) groups excluding carboxylic acids is 1. The molecular formula is C14H21N3O2. The molecule has 1 fully saturated rings. The first-order chi connectivity index (χ1) is 9.15. The Morgan fingerprint density at radius 1 is 1.47 bits per heavy atom. The fraction of sp³-hybridized carbons (Fsp3) is 0.571. The van der Waals surface area contributed by atoms with E-state index in [2.05, 4.69) is 15.6 Å². The van der Waals surface area contributed by atoms with Crippen LogP contribution in [0.2, 0.25) is 0 Å². The summed E-state index contributed by atoms with van der Waals surface area (Å²) in [5.74, 6) is 0. The molecule has 0 aromatic carbocycles. The first-order valence-corrected chi connectivity index (χ1v) is 6.70. The number of rotatable bonds is 3. The Hall–Kier alpha value is -1.62. The SMILES string of the molecule is Cc1ccc(CNC(=O)N[C@H]2CCCOC2)nc1C. The average Bonchev–Trinajstić information content (AvgIpc) is 2.41. The third-order valence-electron chi connectivity index (χ3n) is 3.33. The van der Waals surface area contributed by atoms with Crippen LogP contribution in [0, 0.1) is 13.8 Å². The Kier molecular flexibility index (Phi) is 4.74. The van der Waals surface area contributed by atoms with Crippen LogP contribution in [0.3, 0.4) is 0 Å². The van der Waals surface area contributed by atoms with E-state index in [4.69, 9.17) is 4.74 Å². The number of hydrogen-bond donors (Lipinski definition) is 2. The van der Waals surface area contributed by atoms with Crippen LogP contribution in [0.1, 0.15) is 29.8 Å². The van der Waals surface area contributed by atoms with Gasteiger partial charge >= 0.3 is 6.03 Å². The number of aromatic nitrogens is 1. The largest absolute Gasteiger partial charge is 0.379 e. The Bertz CT molecular complexity index is 442. The Morgan fingerprint density at radius 2 is 2.32 bits per heavy atom. The highest BCUT2D eigenvalue weighted by atomic mass is 16.5. The maximum Gasteiger partial charge on any atom is 0.315 e. The molecular weight excluding hydrogens is 242 g/mol. The molecule has 0 radical (unpaired) electrons. The first kappa shape index (κ1) is 13.8. The summed E-state index contributed by atoms with van der Waals surface area (Å²) in [5.41, 5.74) is 3.03. The summed E-state index contributed by atoms with van der Waals surface area (Å²) in [4.78, 5) is 16.2. The number of carbonyl (C=O) groups is 1. The van der Waals surface area contributed by atoms with Crippen molar-refractivity contribution in [3.05, 3.63) is 29.1 Å². The number of pyridine rings is 1. The van der Waals surface area contributed by atoms with E-state index in [9.17, 15) is 4.79 Å². The van der Waals surface area contributed by atoms with Gasteiger partial charge in [0.2, 0.25) is 0 Å². The van der Waals surface area contributed by atoms with E-state index in [1.54, 1.807) is 0 Å². The zero-order valence-electron chi connectivity index (χ0n) is 11.5. The number of urea groups is 1. The highest BCUT2D eigenvalue weighted by Gasteiger charge is 2.15. The second-order valence-corrected chi connectivity index (χ2v) is 4.95. The maximum absolute atomic E-state index is 11.7. The molecule has 5 heteroatoms. The van der Waals surface area contributed by atoms with E-state index in [1.807, 2.05) is 26.0 Å². The average molecular weight is 263 g/mol. The third kappa shape index (κ3) is 4.21. The molecule has 2 amide bonds. The summed E-state index contributed by atoms with van der Waals surface area (Å²) in [5, 5.41) is 5.74. The van der Waals surface area contributed by atoms with Gasteiger partial charge in [-0.15, -0.1) is 0 Å². The molecule has 2 heterocycles. The number of amides is 2. The highest BCUT2D eigenvalue weighted by molar-refractivity contribution is 5.74. The van der Waals surface area contributed by atoms with Gasteiger partial charge in [-0.25, -0.2) is 4.79 Å². The van der Waals surface area contributed by atoms with Crippen LogP contribution in [0.25, 0.3) is 0 Å².